The first-order chi connectivity index (χ1) is 7.20. The summed E-state index contributed by atoms with van der Waals surface area (Å²) in [5.74, 6) is 1.49. The molecule has 1 heterocycles. The zero-order chi connectivity index (χ0) is 10.5. The highest BCUT2D eigenvalue weighted by molar-refractivity contribution is 5.22. The lowest BCUT2D eigenvalue weighted by Gasteiger charge is -2.20. The molecular formula is C13H18N2. The van der Waals surface area contributed by atoms with E-state index < -0.39 is 0 Å². The van der Waals surface area contributed by atoms with E-state index in [9.17, 15) is 0 Å². The molecule has 2 aliphatic rings. The van der Waals surface area contributed by atoms with Crippen molar-refractivity contribution in [3.8, 4) is 0 Å². The molecule has 2 nitrogen and oxygen atoms in total. The molecule has 1 aromatic carbocycles. The highest BCUT2D eigenvalue weighted by atomic mass is 15.2. The smallest absolute Gasteiger partial charge is 0.0357 e. The van der Waals surface area contributed by atoms with E-state index in [0.29, 0.717) is 0 Å². The van der Waals surface area contributed by atoms with Gasteiger partial charge in [0.2, 0.25) is 0 Å². The molecule has 3 rings (SSSR count). The lowest BCUT2D eigenvalue weighted by molar-refractivity contribution is 0.273. The average Bonchev–Trinajstić information content (AvgIpc) is 2.59. The third kappa shape index (κ3) is 1.40. The van der Waals surface area contributed by atoms with E-state index in [4.69, 9.17) is 5.73 Å². The SMILES string of the molecule is C[C@H]1[C@@H]2CN(Cc3ccccc3)C[C@]12N. The summed E-state index contributed by atoms with van der Waals surface area (Å²) in [6.07, 6.45) is 0. The summed E-state index contributed by atoms with van der Waals surface area (Å²) >= 11 is 0. The second-order valence-corrected chi connectivity index (χ2v) is 5.16. The number of nitrogens with two attached hydrogens (primary N) is 1. The van der Waals surface area contributed by atoms with Gasteiger partial charge in [0.05, 0.1) is 0 Å². The van der Waals surface area contributed by atoms with Crippen LogP contribution in [0.4, 0.5) is 0 Å². The van der Waals surface area contributed by atoms with Gasteiger partial charge >= 0.3 is 0 Å². The number of rotatable bonds is 2. The van der Waals surface area contributed by atoms with Crippen LogP contribution in [0.5, 0.6) is 0 Å². The van der Waals surface area contributed by atoms with E-state index in [-0.39, 0.29) is 5.54 Å². The van der Waals surface area contributed by atoms with E-state index >= 15 is 0 Å². The minimum Gasteiger partial charge on any atom is -0.323 e. The topological polar surface area (TPSA) is 29.3 Å². The molecule has 0 bridgehead atoms. The standard InChI is InChI=1S/C13H18N2/c1-10-12-8-15(9-13(10,12)14)7-11-5-3-2-4-6-11/h2-6,10,12H,7-9,14H2,1H3/t10-,12-,13-/m0/s1. The second kappa shape index (κ2) is 3.06. The Bertz CT molecular complexity index is 362. The van der Waals surface area contributed by atoms with Crippen LogP contribution in [0.2, 0.25) is 0 Å². The molecule has 0 amide bonds. The van der Waals surface area contributed by atoms with Crippen LogP contribution in [-0.4, -0.2) is 23.5 Å². The second-order valence-electron chi connectivity index (χ2n) is 5.16. The number of hydrogen-bond donors (Lipinski definition) is 1. The number of piperidine rings is 1. The average molecular weight is 202 g/mol. The normalized spacial score (nSPS) is 39.1. The Labute approximate surface area is 91.1 Å². The molecular weight excluding hydrogens is 184 g/mol. The number of fused-ring (bicyclic) bond motifs is 1. The molecule has 0 aromatic heterocycles. The van der Waals surface area contributed by atoms with Gasteiger partial charge in [-0.1, -0.05) is 37.3 Å². The maximum absolute atomic E-state index is 6.30. The first kappa shape index (κ1) is 9.37. The summed E-state index contributed by atoms with van der Waals surface area (Å²) in [5.41, 5.74) is 7.84. The number of hydrogen-bond acceptors (Lipinski definition) is 2. The fourth-order valence-electron chi connectivity index (χ4n) is 3.04. The number of likely N-dealkylation sites (tertiary alicyclic amines) is 1. The Kier molecular flexibility index (Phi) is 1.91. The predicted molar refractivity (Wildman–Crippen MR) is 61.3 cm³/mol. The van der Waals surface area contributed by atoms with Gasteiger partial charge in [-0.05, 0) is 17.4 Å². The van der Waals surface area contributed by atoms with Crippen LogP contribution in [-0.2, 0) is 6.54 Å². The van der Waals surface area contributed by atoms with Crippen molar-refractivity contribution in [2.45, 2.75) is 19.0 Å². The Morgan fingerprint density at radius 2 is 2.13 bits per heavy atom. The van der Waals surface area contributed by atoms with E-state index in [1.807, 2.05) is 0 Å². The molecule has 0 spiro atoms. The highest BCUT2D eigenvalue weighted by Gasteiger charge is 2.63. The van der Waals surface area contributed by atoms with E-state index in [1.165, 1.54) is 12.1 Å². The van der Waals surface area contributed by atoms with Crippen LogP contribution in [0.3, 0.4) is 0 Å². The maximum Gasteiger partial charge on any atom is 0.0357 e. The molecule has 2 heteroatoms. The van der Waals surface area contributed by atoms with Crippen molar-refractivity contribution in [2.75, 3.05) is 13.1 Å². The summed E-state index contributed by atoms with van der Waals surface area (Å²) in [4.78, 5) is 2.49. The summed E-state index contributed by atoms with van der Waals surface area (Å²) in [6, 6.07) is 10.7. The molecule has 80 valence electrons. The monoisotopic (exact) mass is 202 g/mol. The first-order valence-electron chi connectivity index (χ1n) is 5.75. The zero-order valence-electron chi connectivity index (χ0n) is 9.19. The lowest BCUT2D eigenvalue weighted by Crippen LogP contribution is -2.35. The van der Waals surface area contributed by atoms with Crippen LogP contribution < -0.4 is 5.73 Å². The molecule has 15 heavy (non-hydrogen) atoms. The van der Waals surface area contributed by atoms with Gasteiger partial charge in [-0.2, -0.15) is 0 Å². The van der Waals surface area contributed by atoms with Crippen LogP contribution in [0.25, 0.3) is 0 Å². The summed E-state index contributed by atoms with van der Waals surface area (Å²) < 4.78 is 0. The van der Waals surface area contributed by atoms with Gasteiger partial charge in [0.15, 0.2) is 0 Å². The molecule has 1 saturated carbocycles. The molecule has 0 unspecified atom stereocenters. The summed E-state index contributed by atoms with van der Waals surface area (Å²) in [5, 5.41) is 0. The molecule has 0 radical (unpaired) electrons. The molecule has 1 saturated heterocycles. The van der Waals surface area contributed by atoms with Crippen LogP contribution in [0.1, 0.15) is 12.5 Å². The Hall–Kier alpha value is -0.860. The van der Waals surface area contributed by atoms with Crippen molar-refractivity contribution in [2.24, 2.45) is 17.6 Å². The van der Waals surface area contributed by atoms with Crippen molar-refractivity contribution < 1.29 is 0 Å². The quantitative estimate of drug-likeness (QED) is 0.787. The van der Waals surface area contributed by atoms with Crippen molar-refractivity contribution >= 4 is 0 Å². The van der Waals surface area contributed by atoms with Gasteiger partial charge in [-0.3, -0.25) is 4.90 Å². The van der Waals surface area contributed by atoms with Crippen LogP contribution >= 0.6 is 0 Å². The van der Waals surface area contributed by atoms with Gasteiger partial charge in [0, 0.05) is 25.2 Å². The Balaban J connectivity index is 1.64. The third-order valence-corrected chi connectivity index (χ3v) is 4.23. The minimum absolute atomic E-state index is 0.148. The Morgan fingerprint density at radius 3 is 2.73 bits per heavy atom. The lowest BCUT2D eigenvalue weighted by atomic mass is 10.2. The van der Waals surface area contributed by atoms with Gasteiger partial charge in [0.1, 0.15) is 0 Å². The highest BCUT2D eigenvalue weighted by Crippen LogP contribution is 2.53. The predicted octanol–water partition coefficient (Wildman–Crippen LogP) is 1.47. The summed E-state index contributed by atoms with van der Waals surface area (Å²) in [7, 11) is 0. The Morgan fingerprint density at radius 1 is 1.40 bits per heavy atom. The van der Waals surface area contributed by atoms with Crippen molar-refractivity contribution in [1.82, 2.24) is 4.90 Å². The first-order valence-corrected chi connectivity index (χ1v) is 5.75. The van der Waals surface area contributed by atoms with Crippen molar-refractivity contribution in [3.63, 3.8) is 0 Å². The number of benzene rings is 1. The summed E-state index contributed by atoms with van der Waals surface area (Å²) in [6.45, 7) is 5.60. The largest absolute Gasteiger partial charge is 0.323 e. The maximum atomic E-state index is 6.30. The van der Waals surface area contributed by atoms with E-state index in [1.54, 1.807) is 0 Å². The molecule has 1 aromatic rings. The van der Waals surface area contributed by atoms with Gasteiger partial charge in [-0.15, -0.1) is 0 Å². The van der Waals surface area contributed by atoms with Gasteiger partial charge in [-0.25, -0.2) is 0 Å². The molecule has 1 aliphatic carbocycles. The third-order valence-electron chi connectivity index (χ3n) is 4.23. The molecule has 2 fully saturated rings. The molecule has 2 N–H and O–H groups in total. The zero-order valence-corrected chi connectivity index (χ0v) is 9.19. The van der Waals surface area contributed by atoms with E-state index in [0.717, 1.165) is 24.9 Å². The molecule has 3 atom stereocenters. The fraction of sp³-hybridized carbons (Fsp3) is 0.538. The van der Waals surface area contributed by atoms with Crippen molar-refractivity contribution in [3.05, 3.63) is 35.9 Å². The van der Waals surface area contributed by atoms with Crippen LogP contribution in [0, 0.1) is 11.8 Å². The fourth-order valence-corrected chi connectivity index (χ4v) is 3.04. The van der Waals surface area contributed by atoms with E-state index in [2.05, 4.69) is 42.2 Å². The molecule has 1 aliphatic heterocycles. The van der Waals surface area contributed by atoms with Crippen LogP contribution in [0.15, 0.2) is 30.3 Å². The van der Waals surface area contributed by atoms with Crippen molar-refractivity contribution in [1.29, 1.82) is 0 Å². The number of nitrogens with zero attached hydrogens (tertiary/aromatic N) is 1. The van der Waals surface area contributed by atoms with Gasteiger partial charge in [0.25, 0.3) is 0 Å². The van der Waals surface area contributed by atoms with Gasteiger partial charge < -0.3 is 5.73 Å². The minimum atomic E-state index is 0.148.